The molecule has 0 bridgehead atoms. The summed E-state index contributed by atoms with van der Waals surface area (Å²) in [5, 5.41) is 11.4. The summed E-state index contributed by atoms with van der Waals surface area (Å²) in [4.78, 5) is 25.6. The quantitative estimate of drug-likeness (QED) is 0.519. The number of benzene rings is 2. The average molecular weight is 386 g/mol. The minimum atomic E-state index is -0.407. The molecule has 0 radical (unpaired) electrons. The Hall–Kier alpha value is -2.43. The van der Waals surface area contributed by atoms with Crippen molar-refractivity contribution in [3.05, 3.63) is 54.6 Å². The predicted molar refractivity (Wildman–Crippen MR) is 104 cm³/mol. The molecule has 0 aliphatic rings. The van der Waals surface area contributed by atoms with E-state index in [1.165, 1.54) is 11.8 Å². The smallest absolute Gasteiger partial charge is 0.307 e. The Balaban J connectivity index is 1.71. The minimum absolute atomic E-state index is 0.238. The Morgan fingerprint density at radius 3 is 2.54 bits per heavy atom. The van der Waals surface area contributed by atoms with Crippen molar-refractivity contribution in [2.75, 3.05) is 23.4 Å². The summed E-state index contributed by atoms with van der Waals surface area (Å²) < 4.78 is 5.01. The van der Waals surface area contributed by atoms with E-state index >= 15 is 0 Å². The van der Waals surface area contributed by atoms with Gasteiger partial charge in [0.1, 0.15) is 0 Å². The number of carbonyl (C=O) groups excluding carboxylic acids is 2. The van der Waals surface area contributed by atoms with Crippen LogP contribution in [0.2, 0.25) is 0 Å². The van der Waals surface area contributed by atoms with Crippen LogP contribution >= 0.6 is 23.5 Å². The number of hydrogen-bond donors (Lipinski definition) is 1. The number of nitriles is 1. The maximum absolute atomic E-state index is 12.0. The number of amides is 1. The molecule has 0 spiro atoms. The van der Waals surface area contributed by atoms with Gasteiger partial charge in [-0.2, -0.15) is 5.26 Å². The van der Waals surface area contributed by atoms with Gasteiger partial charge in [-0.25, -0.2) is 0 Å². The highest BCUT2D eigenvalue weighted by molar-refractivity contribution is 7.99. The molecule has 0 heterocycles. The van der Waals surface area contributed by atoms with E-state index in [-0.39, 0.29) is 13.0 Å². The van der Waals surface area contributed by atoms with Gasteiger partial charge >= 0.3 is 5.97 Å². The molecule has 0 aliphatic carbocycles. The minimum Gasteiger partial charge on any atom is -0.456 e. The molecule has 2 rings (SSSR count). The number of rotatable bonds is 9. The lowest BCUT2D eigenvalue weighted by Crippen LogP contribution is -2.21. The van der Waals surface area contributed by atoms with E-state index in [0.717, 1.165) is 9.79 Å². The zero-order valence-corrected chi connectivity index (χ0v) is 15.6. The van der Waals surface area contributed by atoms with Crippen molar-refractivity contribution in [1.29, 1.82) is 5.26 Å². The first kappa shape index (κ1) is 19.9. The fraction of sp³-hybridized carbons (Fsp3) is 0.211. The van der Waals surface area contributed by atoms with E-state index in [4.69, 9.17) is 10.00 Å². The molecule has 0 fully saturated rings. The van der Waals surface area contributed by atoms with Gasteiger partial charge in [0.25, 0.3) is 5.91 Å². The summed E-state index contributed by atoms with van der Waals surface area (Å²) in [6.07, 6.45) is 0.238. The van der Waals surface area contributed by atoms with Gasteiger partial charge in [-0.1, -0.05) is 30.3 Å². The van der Waals surface area contributed by atoms with Gasteiger partial charge in [-0.15, -0.1) is 23.5 Å². The molecule has 0 saturated heterocycles. The Bertz CT molecular complexity index is 776. The molecule has 7 heteroatoms. The van der Waals surface area contributed by atoms with Crippen LogP contribution < -0.4 is 5.32 Å². The lowest BCUT2D eigenvalue weighted by Gasteiger charge is -2.10. The fourth-order valence-corrected chi connectivity index (χ4v) is 3.50. The lowest BCUT2D eigenvalue weighted by molar-refractivity contribution is -0.146. The maximum Gasteiger partial charge on any atom is 0.307 e. The van der Waals surface area contributed by atoms with Crippen molar-refractivity contribution >= 4 is 41.1 Å². The number of ether oxygens (including phenoxy) is 1. The van der Waals surface area contributed by atoms with E-state index < -0.39 is 11.9 Å². The predicted octanol–water partition coefficient (Wildman–Crippen LogP) is 3.97. The normalized spacial score (nSPS) is 9.96. The molecule has 1 N–H and O–H groups in total. The zero-order valence-electron chi connectivity index (χ0n) is 14.0. The van der Waals surface area contributed by atoms with Crippen molar-refractivity contribution in [1.82, 2.24) is 0 Å². The van der Waals surface area contributed by atoms with Crippen molar-refractivity contribution in [3.8, 4) is 6.07 Å². The highest BCUT2D eigenvalue weighted by Gasteiger charge is 2.10. The van der Waals surface area contributed by atoms with E-state index in [9.17, 15) is 9.59 Å². The molecule has 0 saturated carbocycles. The number of para-hydroxylation sites is 1. The summed E-state index contributed by atoms with van der Waals surface area (Å²) in [6.45, 7) is -0.327. The van der Waals surface area contributed by atoms with Crippen molar-refractivity contribution < 1.29 is 14.3 Å². The summed E-state index contributed by atoms with van der Waals surface area (Å²) >= 11 is 2.90. The summed E-state index contributed by atoms with van der Waals surface area (Å²) in [5.74, 6) is 0.0776. The number of hydrogen-bond acceptors (Lipinski definition) is 6. The second-order valence-electron chi connectivity index (χ2n) is 5.06. The number of anilines is 1. The maximum atomic E-state index is 12.0. The van der Waals surface area contributed by atoms with Crippen LogP contribution in [0.1, 0.15) is 6.42 Å². The third kappa shape index (κ3) is 7.21. The van der Waals surface area contributed by atoms with Gasteiger partial charge in [-0.3, -0.25) is 9.59 Å². The van der Waals surface area contributed by atoms with Crippen LogP contribution in [0, 0.1) is 11.3 Å². The SMILES string of the molecule is N#CCSc1ccccc1NC(=O)COC(=O)CCSc1ccccc1. The summed E-state index contributed by atoms with van der Waals surface area (Å²) in [5.41, 5.74) is 0.605. The number of nitrogens with zero attached hydrogens (tertiary/aromatic N) is 1. The Morgan fingerprint density at radius 2 is 1.77 bits per heavy atom. The first-order valence-corrected chi connectivity index (χ1v) is 9.88. The molecule has 0 aromatic heterocycles. The molecule has 1 amide bonds. The van der Waals surface area contributed by atoms with Gasteiger partial charge in [-0.05, 0) is 24.3 Å². The molecule has 2 aromatic carbocycles. The van der Waals surface area contributed by atoms with Gasteiger partial charge in [0.2, 0.25) is 0 Å². The van der Waals surface area contributed by atoms with E-state index in [1.54, 1.807) is 23.9 Å². The second kappa shape index (κ2) is 11.2. The number of esters is 1. The highest BCUT2D eigenvalue weighted by atomic mass is 32.2. The van der Waals surface area contributed by atoms with E-state index in [1.807, 2.05) is 48.5 Å². The van der Waals surface area contributed by atoms with Gasteiger partial charge in [0.15, 0.2) is 6.61 Å². The summed E-state index contributed by atoms with van der Waals surface area (Å²) in [7, 11) is 0. The zero-order chi connectivity index (χ0) is 18.6. The van der Waals surface area contributed by atoms with Gasteiger partial charge in [0, 0.05) is 15.5 Å². The second-order valence-corrected chi connectivity index (χ2v) is 7.25. The van der Waals surface area contributed by atoms with Crippen LogP contribution in [0.3, 0.4) is 0 Å². The van der Waals surface area contributed by atoms with E-state index in [2.05, 4.69) is 5.32 Å². The third-order valence-electron chi connectivity index (χ3n) is 3.14. The van der Waals surface area contributed by atoms with Crippen LogP contribution in [0.5, 0.6) is 0 Å². The van der Waals surface area contributed by atoms with Crippen LogP contribution in [0.4, 0.5) is 5.69 Å². The number of carbonyl (C=O) groups is 2. The standard InChI is InChI=1S/C19H18N2O3S2/c20-11-13-26-17-9-5-4-8-16(17)21-18(22)14-24-19(23)10-12-25-15-6-2-1-3-7-15/h1-9H,10,12-14H2,(H,21,22). The van der Waals surface area contributed by atoms with Crippen LogP contribution in [-0.2, 0) is 14.3 Å². The monoisotopic (exact) mass is 386 g/mol. The summed E-state index contributed by atoms with van der Waals surface area (Å²) in [6, 6.07) is 19.0. The van der Waals surface area contributed by atoms with Crippen molar-refractivity contribution in [3.63, 3.8) is 0 Å². The molecule has 0 aliphatic heterocycles. The Morgan fingerprint density at radius 1 is 1.04 bits per heavy atom. The van der Waals surface area contributed by atoms with Crippen LogP contribution in [0.25, 0.3) is 0 Å². The molecule has 0 atom stereocenters. The molecule has 5 nitrogen and oxygen atoms in total. The first-order valence-electron chi connectivity index (χ1n) is 7.91. The topological polar surface area (TPSA) is 79.2 Å². The van der Waals surface area contributed by atoms with Crippen LogP contribution in [0.15, 0.2) is 64.4 Å². The van der Waals surface area contributed by atoms with Gasteiger partial charge < -0.3 is 10.1 Å². The molecular formula is C19H18N2O3S2. The van der Waals surface area contributed by atoms with Gasteiger partial charge in [0.05, 0.1) is 23.9 Å². The Kier molecular flexibility index (Phi) is 8.60. The van der Waals surface area contributed by atoms with Crippen LogP contribution in [-0.4, -0.2) is 30.0 Å². The lowest BCUT2D eigenvalue weighted by atomic mass is 10.3. The molecular weight excluding hydrogens is 368 g/mol. The first-order chi connectivity index (χ1) is 12.7. The average Bonchev–Trinajstić information content (AvgIpc) is 2.66. The molecule has 2 aromatic rings. The highest BCUT2D eigenvalue weighted by Crippen LogP contribution is 2.26. The van der Waals surface area contributed by atoms with Crippen molar-refractivity contribution in [2.24, 2.45) is 0 Å². The number of nitrogens with one attached hydrogen (secondary N) is 1. The van der Waals surface area contributed by atoms with Crippen molar-refractivity contribution in [2.45, 2.75) is 16.2 Å². The molecule has 134 valence electrons. The fourth-order valence-electron chi connectivity index (χ4n) is 1.98. The largest absolute Gasteiger partial charge is 0.456 e. The molecule has 0 unspecified atom stereocenters. The van der Waals surface area contributed by atoms with E-state index in [0.29, 0.717) is 17.2 Å². The third-order valence-corrected chi connectivity index (χ3v) is 5.09. The molecule has 26 heavy (non-hydrogen) atoms. The Labute approximate surface area is 161 Å². The number of thioether (sulfide) groups is 2.